The summed E-state index contributed by atoms with van der Waals surface area (Å²) in [5, 5.41) is 0. The molecule has 7 heavy (non-hydrogen) atoms. The van der Waals surface area contributed by atoms with E-state index in [1.165, 1.54) is 0 Å². The van der Waals surface area contributed by atoms with Crippen molar-refractivity contribution in [3.05, 3.63) is 11.8 Å². The predicted molar refractivity (Wildman–Crippen MR) is 32.6 cm³/mol. The number of nitrogens with one attached hydrogen (secondary N) is 1. The molecule has 0 amide bonds. The Balaban J connectivity index is 3.29. The van der Waals surface area contributed by atoms with Gasteiger partial charge in [-0.1, -0.05) is 6.82 Å². The second kappa shape index (κ2) is 3.55. The van der Waals surface area contributed by atoms with Crippen LogP contribution in [0.5, 0.6) is 0 Å². The monoisotopic (exact) mass is 99.1 g/mol. The highest BCUT2D eigenvalue weighted by Crippen LogP contribution is 1.71. The first kappa shape index (κ1) is 6.36. The Morgan fingerprint density at radius 3 is 2.57 bits per heavy atom. The molecular formula is C3H10BN3. The quantitative estimate of drug-likeness (QED) is 0.229. The molecule has 0 atom stereocenters. The standard InChI is InChI=1S/C3H10BN3/c1-4-3(5)2-7-6/h2,4,7H,5-6H2,1H3/b3-2-. The lowest BCUT2D eigenvalue weighted by molar-refractivity contribution is 0.959. The third-order valence-corrected chi connectivity index (χ3v) is 0.677. The fourth-order valence-corrected chi connectivity index (χ4v) is 0.209. The van der Waals surface area contributed by atoms with Gasteiger partial charge in [0.2, 0.25) is 0 Å². The maximum absolute atomic E-state index is 5.30. The van der Waals surface area contributed by atoms with Crippen LogP contribution in [-0.2, 0) is 0 Å². The molecule has 0 aliphatic rings. The van der Waals surface area contributed by atoms with Gasteiger partial charge in [0.05, 0.1) is 0 Å². The van der Waals surface area contributed by atoms with E-state index in [0.29, 0.717) is 0 Å². The molecule has 0 heterocycles. The summed E-state index contributed by atoms with van der Waals surface area (Å²) in [6.45, 7) is 1.96. The Bertz CT molecular complexity index is 70.6. The Morgan fingerprint density at radius 2 is 2.43 bits per heavy atom. The van der Waals surface area contributed by atoms with Crippen LogP contribution in [-0.4, -0.2) is 7.28 Å². The average Bonchev–Trinajstić information content (AvgIpc) is 1.68. The van der Waals surface area contributed by atoms with Crippen molar-refractivity contribution in [1.29, 1.82) is 0 Å². The molecule has 4 heteroatoms. The van der Waals surface area contributed by atoms with Crippen molar-refractivity contribution in [2.24, 2.45) is 11.6 Å². The summed E-state index contributed by atoms with van der Waals surface area (Å²) in [5.74, 6) is 4.90. The van der Waals surface area contributed by atoms with Gasteiger partial charge in [-0.05, 0) is 5.60 Å². The fourth-order valence-electron chi connectivity index (χ4n) is 0.209. The molecule has 0 radical (unpaired) electrons. The van der Waals surface area contributed by atoms with Crippen molar-refractivity contribution in [2.75, 3.05) is 0 Å². The first-order chi connectivity index (χ1) is 3.31. The van der Waals surface area contributed by atoms with Crippen molar-refractivity contribution in [3.8, 4) is 0 Å². The molecule has 0 fully saturated rings. The highest BCUT2D eigenvalue weighted by Gasteiger charge is 1.80. The Kier molecular flexibility index (Phi) is 3.23. The molecule has 0 unspecified atom stereocenters. The summed E-state index contributed by atoms with van der Waals surface area (Å²) >= 11 is 0. The van der Waals surface area contributed by atoms with E-state index < -0.39 is 0 Å². The van der Waals surface area contributed by atoms with Crippen molar-refractivity contribution < 1.29 is 0 Å². The molecule has 0 aromatic carbocycles. The van der Waals surface area contributed by atoms with Crippen LogP contribution in [0.3, 0.4) is 0 Å². The molecule has 0 saturated heterocycles. The van der Waals surface area contributed by atoms with Crippen LogP contribution in [0.15, 0.2) is 11.8 Å². The SMILES string of the molecule is CB/C(N)=C/NN. The third-order valence-electron chi connectivity index (χ3n) is 0.677. The summed E-state index contributed by atoms with van der Waals surface area (Å²) in [6, 6.07) is 0. The van der Waals surface area contributed by atoms with Gasteiger partial charge < -0.3 is 11.2 Å². The van der Waals surface area contributed by atoms with Gasteiger partial charge in [0.25, 0.3) is 0 Å². The molecule has 40 valence electrons. The molecular weight excluding hydrogens is 88.9 g/mol. The number of hydrogen-bond acceptors (Lipinski definition) is 3. The summed E-state index contributed by atoms with van der Waals surface area (Å²) in [6.07, 6.45) is 1.57. The van der Waals surface area contributed by atoms with E-state index in [1.807, 2.05) is 6.82 Å². The van der Waals surface area contributed by atoms with E-state index >= 15 is 0 Å². The Hall–Kier alpha value is -0.635. The van der Waals surface area contributed by atoms with Crippen molar-refractivity contribution in [2.45, 2.75) is 6.82 Å². The molecule has 0 bridgehead atoms. The minimum atomic E-state index is 0.766. The van der Waals surface area contributed by atoms with Crippen molar-refractivity contribution >= 4 is 7.28 Å². The Morgan fingerprint density at radius 1 is 1.86 bits per heavy atom. The van der Waals surface area contributed by atoms with Gasteiger partial charge in [-0.2, -0.15) is 0 Å². The number of rotatable bonds is 2. The number of hydrazine groups is 1. The summed E-state index contributed by atoms with van der Waals surface area (Å²) in [5.41, 5.74) is 8.40. The summed E-state index contributed by atoms with van der Waals surface area (Å²) in [7, 11) is 0.838. The Labute approximate surface area is 44.0 Å². The number of nitrogens with two attached hydrogens (primary N) is 2. The van der Waals surface area contributed by atoms with Gasteiger partial charge in [0, 0.05) is 6.20 Å². The van der Waals surface area contributed by atoms with E-state index in [0.717, 1.165) is 12.9 Å². The minimum absolute atomic E-state index is 0.766. The van der Waals surface area contributed by atoms with E-state index in [-0.39, 0.29) is 0 Å². The zero-order valence-electron chi connectivity index (χ0n) is 4.44. The van der Waals surface area contributed by atoms with Gasteiger partial charge in [-0.15, -0.1) is 0 Å². The fraction of sp³-hybridized carbons (Fsp3) is 0.333. The lowest BCUT2D eigenvalue weighted by Crippen LogP contribution is -2.18. The molecule has 0 aromatic rings. The molecule has 0 rings (SSSR count). The highest BCUT2D eigenvalue weighted by molar-refractivity contribution is 6.43. The van der Waals surface area contributed by atoms with Crippen LogP contribution in [0, 0.1) is 0 Å². The minimum Gasteiger partial charge on any atom is -0.409 e. The lowest BCUT2D eigenvalue weighted by Gasteiger charge is -1.90. The zero-order chi connectivity index (χ0) is 5.70. The van der Waals surface area contributed by atoms with Crippen LogP contribution >= 0.6 is 0 Å². The molecule has 0 saturated carbocycles. The second-order valence-electron chi connectivity index (χ2n) is 1.24. The molecule has 0 aliphatic carbocycles. The van der Waals surface area contributed by atoms with Crippen LogP contribution in [0.2, 0.25) is 6.82 Å². The maximum atomic E-state index is 5.30. The average molecular weight is 98.9 g/mol. The van der Waals surface area contributed by atoms with Gasteiger partial charge in [0.15, 0.2) is 7.28 Å². The maximum Gasteiger partial charge on any atom is 0.177 e. The van der Waals surface area contributed by atoms with E-state index in [1.54, 1.807) is 6.20 Å². The van der Waals surface area contributed by atoms with Crippen molar-refractivity contribution in [3.63, 3.8) is 0 Å². The molecule has 5 N–H and O–H groups in total. The predicted octanol–water partition coefficient (Wildman–Crippen LogP) is -1.31. The summed E-state index contributed by atoms with van der Waals surface area (Å²) < 4.78 is 0. The molecule has 0 spiro atoms. The van der Waals surface area contributed by atoms with E-state index in [2.05, 4.69) is 5.43 Å². The number of hydrogen-bond donors (Lipinski definition) is 3. The van der Waals surface area contributed by atoms with Gasteiger partial charge in [0.1, 0.15) is 0 Å². The second-order valence-corrected chi connectivity index (χ2v) is 1.24. The first-order valence-electron chi connectivity index (χ1n) is 2.22. The summed E-state index contributed by atoms with van der Waals surface area (Å²) in [4.78, 5) is 0. The van der Waals surface area contributed by atoms with Crippen LogP contribution in [0.1, 0.15) is 0 Å². The topological polar surface area (TPSA) is 64.1 Å². The molecule has 0 aliphatic heterocycles. The van der Waals surface area contributed by atoms with E-state index in [4.69, 9.17) is 11.6 Å². The van der Waals surface area contributed by atoms with Gasteiger partial charge >= 0.3 is 0 Å². The van der Waals surface area contributed by atoms with Crippen LogP contribution in [0.25, 0.3) is 0 Å². The highest BCUT2D eigenvalue weighted by atomic mass is 15.2. The van der Waals surface area contributed by atoms with Crippen LogP contribution < -0.4 is 17.0 Å². The largest absolute Gasteiger partial charge is 0.409 e. The zero-order valence-corrected chi connectivity index (χ0v) is 4.44. The van der Waals surface area contributed by atoms with Gasteiger partial charge in [-0.25, -0.2) is 0 Å². The smallest absolute Gasteiger partial charge is 0.177 e. The normalized spacial score (nSPS) is 10.9. The molecule has 0 aromatic heterocycles. The van der Waals surface area contributed by atoms with E-state index in [9.17, 15) is 0 Å². The van der Waals surface area contributed by atoms with Crippen LogP contribution in [0.4, 0.5) is 0 Å². The lowest BCUT2D eigenvalue weighted by atomic mass is 9.79. The molecule has 3 nitrogen and oxygen atoms in total. The van der Waals surface area contributed by atoms with Gasteiger partial charge in [-0.3, -0.25) is 5.84 Å². The first-order valence-corrected chi connectivity index (χ1v) is 2.22. The third kappa shape index (κ3) is 3.19. The van der Waals surface area contributed by atoms with Crippen molar-refractivity contribution in [1.82, 2.24) is 5.43 Å².